The zero-order valence-electron chi connectivity index (χ0n) is 19.0. The van der Waals surface area contributed by atoms with E-state index in [9.17, 15) is 4.79 Å². The summed E-state index contributed by atoms with van der Waals surface area (Å²) in [6.45, 7) is 5.48. The molecule has 1 heterocycles. The van der Waals surface area contributed by atoms with Crippen molar-refractivity contribution in [3.05, 3.63) is 59.4 Å². The maximum absolute atomic E-state index is 11.6. The van der Waals surface area contributed by atoms with E-state index in [1.165, 1.54) is 0 Å². The number of amides is 1. The molecule has 0 unspecified atom stereocenters. The molecule has 3 N–H and O–H groups in total. The highest BCUT2D eigenvalue weighted by atomic mass is 16.5. The van der Waals surface area contributed by atoms with Gasteiger partial charge in [-0.2, -0.15) is 0 Å². The number of benzene rings is 2. The van der Waals surface area contributed by atoms with Crippen LogP contribution in [0.2, 0.25) is 0 Å². The molecule has 170 valence electrons. The quantitative estimate of drug-likeness (QED) is 0.351. The van der Waals surface area contributed by atoms with E-state index < -0.39 is 0 Å². The molecule has 0 radical (unpaired) electrons. The molecule has 0 bridgehead atoms. The number of aliphatic imine (C=N–C) groups is 1. The van der Waals surface area contributed by atoms with E-state index in [0.717, 1.165) is 27.9 Å². The molecule has 32 heavy (non-hydrogen) atoms. The molecule has 0 fully saturated rings. The molecule has 1 aromatic heterocycles. The third-order valence-electron chi connectivity index (χ3n) is 5.00. The van der Waals surface area contributed by atoms with Crippen molar-refractivity contribution in [1.29, 1.82) is 0 Å². The summed E-state index contributed by atoms with van der Waals surface area (Å²) in [4.78, 5) is 15.9. The zero-order valence-corrected chi connectivity index (χ0v) is 19.0. The molecule has 0 saturated heterocycles. The molecule has 0 aliphatic carbocycles. The molecule has 3 aromatic rings. The summed E-state index contributed by atoms with van der Waals surface area (Å²) in [5.74, 6) is 2.44. The van der Waals surface area contributed by atoms with E-state index in [-0.39, 0.29) is 12.5 Å². The fraction of sp³-hybridized carbons (Fsp3) is 0.333. The summed E-state index contributed by atoms with van der Waals surface area (Å²) in [6.07, 6.45) is 0. The van der Waals surface area contributed by atoms with Crippen LogP contribution >= 0.6 is 0 Å². The smallest absolute Gasteiger partial charge is 0.257 e. The summed E-state index contributed by atoms with van der Waals surface area (Å²) < 4.78 is 16.9. The van der Waals surface area contributed by atoms with Crippen molar-refractivity contribution < 1.29 is 18.7 Å². The van der Waals surface area contributed by atoms with Crippen LogP contribution in [0, 0.1) is 6.92 Å². The molecule has 0 aliphatic heterocycles. The zero-order chi connectivity index (χ0) is 22.9. The van der Waals surface area contributed by atoms with Gasteiger partial charge in [-0.3, -0.25) is 9.79 Å². The number of hydrogen-bond donors (Lipinski definition) is 3. The molecular formula is C24H30N4O4. The fourth-order valence-electron chi connectivity index (χ4n) is 3.30. The number of nitrogens with one attached hydrogen (secondary N) is 3. The second kappa shape index (κ2) is 11.1. The first-order valence-electron chi connectivity index (χ1n) is 10.5. The van der Waals surface area contributed by atoms with Crippen molar-refractivity contribution in [2.24, 2.45) is 4.99 Å². The standard InChI is InChI=1S/C24H30N4O4/c1-5-26-23(29)15-31-20-11-10-17(12-21(20)30-4)13-27-24(25-3)28-14-22-16(2)18-8-6-7-9-19(18)32-22/h6-12H,5,13-15H2,1-4H3,(H,26,29)(H2,25,27,28). The Morgan fingerprint density at radius 2 is 1.84 bits per heavy atom. The van der Waals surface area contributed by atoms with Gasteiger partial charge in [-0.25, -0.2) is 0 Å². The van der Waals surface area contributed by atoms with E-state index in [1.54, 1.807) is 20.2 Å². The summed E-state index contributed by atoms with van der Waals surface area (Å²) in [5, 5.41) is 10.4. The van der Waals surface area contributed by atoms with Crippen molar-refractivity contribution in [3.8, 4) is 11.5 Å². The molecule has 2 aromatic carbocycles. The first kappa shape index (κ1) is 23.0. The average Bonchev–Trinajstić information content (AvgIpc) is 3.14. The predicted octanol–water partition coefficient (Wildman–Crippen LogP) is 3.13. The second-order valence-electron chi connectivity index (χ2n) is 7.15. The largest absolute Gasteiger partial charge is 0.493 e. The van der Waals surface area contributed by atoms with Crippen LogP contribution in [0.1, 0.15) is 23.8 Å². The number of carbonyl (C=O) groups is 1. The number of methoxy groups -OCH3 is 1. The molecule has 8 nitrogen and oxygen atoms in total. The summed E-state index contributed by atoms with van der Waals surface area (Å²) in [6, 6.07) is 13.6. The van der Waals surface area contributed by atoms with Crippen LogP contribution in [-0.2, 0) is 17.9 Å². The maximum atomic E-state index is 11.6. The molecule has 0 atom stereocenters. The molecule has 8 heteroatoms. The topological polar surface area (TPSA) is 97.1 Å². The number of rotatable bonds is 9. The Hall–Kier alpha value is -3.68. The van der Waals surface area contributed by atoms with Gasteiger partial charge in [-0.15, -0.1) is 0 Å². The normalized spacial score (nSPS) is 11.3. The Morgan fingerprint density at radius 3 is 2.56 bits per heavy atom. The van der Waals surface area contributed by atoms with Gasteiger partial charge in [-0.1, -0.05) is 24.3 Å². The van der Waals surface area contributed by atoms with Gasteiger partial charge in [0.15, 0.2) is 24.1 Å². The number of fused-ring (bicyclic) bond motifs is 1. The number of likely N-dealkylation sites (N-methyl/N-ethyl adjacent to an activating group) is 1. The van der Waals surface area contributed by atoms with Crippen LogP contribution in [0.15, 0.2) is 51.9 Å². The number of aryl methyl sites for hydroxylation is 1. The highest BCUT2D eigenvalue weighted by Crippen LogP contribution is 2.28. The molecule has 3 rings (SSSR count). The minimum Gasteiger partial charge on any atom is -0.493 e. The lowest BCUT2D eigenvalue weighted by molar-refractivity contribution is -0.123. The van der Waals surface area contributed by atoms with Gasteiger partial charge in [0.1, 0.15) is 11.3 Å². The van der Waals surface area contributed by atoms with E-state index in [1.807, 2.05) is 37.3 Å². The Morgan fingerprint density at radius 1 is 1.06 bits per heavy atom. The lowest BCUT2D eigenvalue weighted by atomic mass is 10.1. The molecule has 1 amide bonds. The molecule has 0 spiro atoms. The van der Waals surface area contributed by atoms with Crippen molar-refractivity contribution in [3.63, 3.8) is 0 Å². The summed E-state index contributed by atoms with van der Waals surface area (Å²) >= 11 is 0. The highest BCUT2D eigenvalue weighted by molar-refractivity contribution is 5.83. The van der Waals surface area contributed by atoms with Crippen molar-refractivity contribution in [2.45, 2.75) is 26.9 Å². The van der Waals surface area contributed by atoms with Gasteiger partial charge in [0.2, 0.25) is 0 Å². The third-order valence-corrected chi connectivity index (χ3v) is 5.00. The maximum Gasteiger partial charge on any atom is 0.257 e. The minimum absolute atomic E-state index is 0.0560. The van der Waals surface area contributed by atoms with Gasteiger partial charge in [0.25, 0.3) is 5.91 Å². The lowest BCUT2D eigenvalue weighted by Gasteiger charge is -2.14. The first-order chi connectivity index (χ1) is 15.5. The Labute approximate surface area is 188 Å². The minimum atomic E-state index is -0.171. The third kappa shape index (κ3) is 5.72. The monoisotopic (exact) mass is 438 g/mol. The number of carbonyl (C=O) groups excluding carboxylic acids is 1. The van der Waals surface area contributed by atoms with Gasteiger partial charge < -0.3 is 29.8 Å². The van der Waals surface area contributed by atoms with E-state index in [0.29, 0.717) is 37.1 Å². The van der Waals surface area contributed by atoms with Crippen LogP contribution < -0.4 is 25.4 Å². The van der Waals surface area contributed by atoms with Crippen molar-refractivity contribution >= 4 is 22.8 Å². The van der Waals surface area contributed by atoms with Gasteiger partial charge >= 0.3 is 0 Å². The number of guanidine groups is 1. The Balaban J connectivity index is 1.57. The van der Waals surface area contributed by atoms with Crippen LogP contribution in [0.5, 0.6) is 11.5 Å². The fourth-order valence-corrected chi connectivity index (χ4v) is 3.30. The van der Waals surface area contributed by atoms with Crippen LogP contribution in [0.4, 0.5) is 0 Å². The summed E-state index contributed by atoms with van der Waals surface area (Å²) in [5.41, 5.74) is 2.98. The number of furan rings is 1. The highest BCUT2D eigenvalue weighted by Gasteiger charge is 2.11. The van der Waals surface area contributed by atoms with E-state index >= 15 is 0 Å². The second-order valence-corrected chi connectivity index (χ2v) is 7.15. The molecule has 0 aliphatic rings. The Bertz CT molecular complexity index is 1090. The summed E-state index contributed by atoms with van der Waals surface area (Å²) in [7, 11) is 3.29. The van der Waals surface area contributed by atoms with Crippen molar-refractivity contribution in [1.82, 2.24) is 16.0 Å². The lowest BCUT2D eigenvalue weighted by Crippen LogP contribution is -2.36. The van der Waals surface area contributed by atoms with Gasteiger partial charge in [-0.05, 0) is 37.6 Å². The molecule has 0 saturated carbocycles. The van der Waals surface area contributed by atoms with Crippen molar-refractivity contribution in [2.75, 3.05) is 27.3 Å². The number of para-hydroxylation sites is 1. The predicted molar refractivity (Wildman–Crippen MR) is 125 cm³/mol. The van der Waals surface area contributed by atoms with Gasteiger partial charge in [0, 0.05) is 31.1 Å². The van der Waals surface area contributed by atoms with Crippen LogP contribution in [0.25, 0.3) is 11.0 Å². The number of ether oxygens (including phenoxy) is 2. The SMILES string of the molecule is CCNC(=O)COc1ccc(CNC(=NC)NCc2oc3ccccc3c2C)cc1OC. The average molecular weight is 439 g/mol. The molecular weight excluding hydrogens is 408 g/mol. The van der Waals surface area contributed by atoms with E-state index in [4.69, 9.17) is 13.9 Å². The number of nitrogens with zero attached hydrogens (tertiary/aromatic N) is 1. The van der Waals surface area contributed by atoms with E-state index in [2.05, 4.69) is 33.9 Å². The van der Waals surface area contributed by atoms with Gasteiger partial charge in [0.05, 0.1) is 13.7 Å². The van der Waals surface area contributed by atoms with Crippen LogP contribution in [-0.4, -0.2) is 39.2 Å². The number of hydrogen-bond acceptors (Lipinski definition) is 5. The Kier molecular flexibility index (Phi) is 7.96. The first-order valence-corrected chi connectivity index (χ1v) is 10.5. The van der Waals surface area contributed by atoms with Crippen LogP contribution in [0.3, 0.4) is 0 Å².